The number of anilines is 1. The van der Waals surface area contributed by atoms with Crippen LogP contribution in [0.4, 0.5) is 9.52 Å². The van der Waals surface area contributed by atoms with Gasteiger partial charge in [0.2, 0.25) is 5.13 Å². The minimum atomic E-state index is -0.466. The predicted molar refractivity (Wildman–Crippen MR) is 76.0 cm³/mol. The number of aryl methyl sites for hydroxylation is 1. The first kappa shape index (κ1) is 13.8. The number of nitrogens with one attached hydrogen (secondary N) is 1. The fourth-order valence-corrected chi connectivity index (χ4v) is 2.30. The van der Waals surface area contributed by atoms with Gasteiger partial charge in [-0.15, -0.1) is 11.3 Å². The van der Waals surface area contributed by atoms with Gasteiger partial charge >= 0.3 is 0 Å². The Morgan fingerprint density at radius 3 is 2.95 bits per heavy atom. The highest BCUT2D eigenvalue weighted by Gasteiger charge is 2.10. The van der Waals surface area contributed by atoms with E-state index < -0.39 is 5.82 Å². The summed E-state index contributed by atoms with van der Waals surface area (Å²) >= 11 is 7.42. The number of ether oxygens (including phenoxy) is 1. The number of hydrogen-bond acceptors (Lipinski definition) is 5. The maximum atomic E-state index is 13.6. The van der Waals surface area contributed by atoms with Crippen LogP contribution >= 0.6 is 22.9 Å². The minimum absolute atomic E-state index is 0.168. The smallest absolute Gasteiger partial charge is 0.203 e. The van der Waals surface area contributed by atoms with E-state index in [1.54, 1.807) is 0 Å². The number of halogens is 2. The van der Waals surface area contributed by atoms with Crippen LogP contribution in [-0.4, -0.2) is 18.3 Å². The second kappa shape index (κ2) is 5.99. The Balaban J connectivity index is 2.18. The second-order valence-electron chi connectivity index (χ2n) is 3.64. The topological polar surface area (TPSA) is 46.5 Å². The lowest BCUT2D eigenvalue weighted by Gasteiger charge is -2.06. The van der Waals surface area contributed by atoms with E-state index in [4.69, 9.17) is 16.3 Å². The molecule has 7 heteroatoms. The number of methoxy groups -OCH3 is 1. The third-order valence-corrected chi connectivity index (χ3v) is 3.54. The van der Waals surface area contributed by atoms with Crippen LogP contribution in [0.2, 0.25) is 5.02 Å². The lowest BCUT2D eigenvalue weighted by Crippen LogP contribution is -1.96. The third kappa shape index (κ3) is 3.21. The van der Waals surface area contributed by atoms with Gasteiger partial charge in [0.15, 0.2) is 0 Å². The normalized spacial score (nSPS) is 10.9. The summed E-state index contributed by atoms with van der Waals surface area (Å²) in [6.07, 6.45) is 1.30. The molecule has 19 heavy (non-hydrogen) atoms. The van der Waals surface area contributed by atoms with Gasteiger partial charge in [-0.1, -0.05) is 11.6 Å². The fourth-order valence-electron chi connectivity index (χ4n) is 1.38. The molecular weight excluding hydrogens is 289 g/mol. The molecule has 0 fully saturated rings. The standard InChI is InChI=1S/C12H11ClFN3OS/c1-7-6-19-12(16-7)17-15-5-8-9(14)3-4-10(18-2)11(8)13/h3-6H,1-2H3,(H,16,17). The van der Waals surface area contributed by atoms with Gasteiger partial charge < -0.3 is 4.74 Å². The monoisotopic (exact) mass is 299 g/mol. The average molecular weight is 300 g/mol. The maximum Gasteiger partial charge on any atom is 0.203 e. The molecule has 4 nitrogen and oxygen atoms in total. The quantitative estimate of drug-likeness (QED) is 0.691. The summed E-state index contributed by atoms with van der Waals surface area (Å²) in [6, 6.07) is 2.74. The molecule has 2 aromatic rings. The van der Waals surface area contributed by atoms with Crippen molar-refractivity contribution in [3.8, 4) is 5.75 Å². The van der Waals surface area contributed by atoms with E-state index in [-0.39, 0.29) is 10.6 Å². The molecule has 0 amide bonds. The molecule has 100 valence electrons. The van der Waals surface area contributed by atoms with E-state index in [1.807, 2.05) is 12.3 Å². The fraction of sp³-hybridized carbons (Fsp3) is 0.167. The Morgan fingerprint density at radius 1 is 1.53 bits per heavy atom. The number of benzene rings is 1. The molecule has 2 rings (SSSR count). The van der Waals surface area contributed by atoms with Gasteiger partial charge in [-0.25, -0.2) is 9.37 Å². The van der Waals surface area contributed by atoms with E-state index in [2.05, 4.69) is 15.5 Å². The summed E-state index contributed by atoms with van der Waals surface area (Å²) in [7, 11) is 1.47. The molecule has 0 aliphatic carbocycles. The van der Waals surface area contributed by atoms with Crippen molar-refractivity contribution in [2.24, 2.45) is 5.10 Å². The first-order chi connectivity index (χ1) is 9.11. The van der Waals surface area contributed by atoms with Gasteiger partial charge in [0.1, 0.15) is 11.6 Å². The molecule has 0 aliphatic rings. The highest BCUT2D eigenvalue weighted by atomic mass is 35.5. The largest absolute Gasteiger partial charge is 0.495 e. The first-order valence-corrected chi connectivity index (χ1v) is 6.60. The van der Waals surface area contributed by atoms with Gasteiger partial charge in [0.05, 0.1) is 29.6 Å². The van der Waals surface area contributed by atoms with Crippen molar-refractivity contribution < 1.29 is 9.13 Å². The number of aromatic nitrogens is 1. The second-order valence-corrected chi connectivity index (χ2v) is 4.88. The number of hydrogen-bond donors (Lipinski definition) is 1. The summed E-state index contributed by atoms with van der Waals surface area (Å²) in [5.74, 6) is -0.0683. The number of rotatable bonds is 4. The SMILES string of the molecule is COc1ccc(F)c(C=NNc2nc(C)cs2)c1Cl. The van der Waals surface area contributed by atoms with Crippen LogP contribution in [-0.2, 0) is 0 Å². The Morgan fingerprint density at radius 2 is 2.32 bits per heavy atom. The molecule has 0 bridgehead atoms. The first-order valence-electron chi connectivity index (χ1n) is 5.35. The van der Waals surface area contributed by atoms with Crippen LogP contribution in [0, 0.1) is 12.7 Å². The van der Waals surface area contributed by atoms with Crippen molar-refractivity contribution in [2.75, 3.05) is 12.5 Å². The highest BCUT2D eigenvalue weighted by molar-refractivity contribution is 7.13. The van der Waals surface area contributed by atoms with Crippen molar-refractivity contribution in [1.29, 1.82) is 0 Å². The van der Waals surface area contributed by atoms with Crippen LogP contribution in [0.25, 0.3) is 0 Å². The van der Waals surface area contributed by atoms with E-state index >= 15 is 0 Å². The molecular formula is C12H11ClFN3OS. The summed E-state index contributed by atoms with van der Waals surface area (Å²) in [5, 5.41) is 6.62. The maximum absolute atomic E-state index is 13.6. The summed E-state index contributed by atoms with van der Waals surface area (Å²) < 4.78 is 18.6. The minimum Gasteiger partial charge on any atom is -0.495 e. The molecule has 1 heterocycles. The molecule has 0 saturated heterocycles. The van der Waals surface area contributed by atoms with E-state index in [1.165, 1.54) is 36.8 Å². The summed E-state index contributed by atoms with van der Waals surface area (Å²) in [5.41, 5.74) is 3.78. The molecule has 0 aliphatic heterocycles. The molecule has 0 atom stereocenters. The molecule has 0 saturated carbocycles. The molecule has 1 aromatic heterocycles. The number of hydrazone groups is 1. The van der Waals surface area contributed by atoms with Gasteiger partial charge in [0, 0.05) is 5.38 Å². The lowest BCUT2D eigenvalue weighted by molar-refractivity contribution is 0.414. The zero-order chi connectivity index (χ0) is 13.8. The number of nitrogens with zero attached hydrogens (tertiary/aromatic N) is 2. The molecule has 1 aromatic carbocycles. The number of thiazole rings is 1. The van der Waals surface area contributed by atoms with Gasteiger partial charge in [0.25, 0.3) is 0 Å². The molecule has 1 N–H and O–H groups in total. The highest BCUT2D eigenvalue weighted by Crippen LogP contribution is 2.28. The molecule has 0 unspecified atom stereocenters. The molecule has 0 spiro atoms. The predicted octanol–water partition coefficient (Wildman–Crippen LogP) is 3.70. The van der Waals surface area contributed by atoms with E-state index in [0.717, 1.165) is 5.69 Å². The third-order valence-electron chi connectivity index (χ3n) is 2.28. The van der Waals surface area contributed by atoms with Crippen LogP contribution in [0.15, 0.2) is 22.6 Å². The molecule has 0 radical (unpaired) electrons. The van der Waals surface area contributed by atoms with Crippen LogP contribution < -0.4 is 10.2 Å². The van der Waals surface area contributed by atoms with Crippen molar-refractivity contribution in [1.82, 2.24) is 4.98 Å². The van der Waals surface area contributed by atoms with Crippen molar-refractivity contribution in [3.05, 3.63) is 39.6 Å². The van der Waals surface area contributed by atoms with Gasteiger partial charge in [-0.05, 0) is 19.1 Å². The Bertz CT molecular complexity index is 615. The zero-order valence-electron chi connectivity index (χ0n) is 10.3. The van der Waals surface area contributed by atoms with Gasteiger partial charge in [-0.2, -0.15) is 5.10 Å². The zero-order valence-corrected chi connectivity index (χ0v) is 11.8. The van der Waals surface area contributed by atoms with Crippen LogP contribution in [0.3, 0.4) is 0 Å². The summed E-state index contributed by atoms with van der Waals surface area (Å²) in [4.78, 5) is 4.16. The van der Waals surface area contributed by atoms with Gasteiger partial charge in [-0.3, -0.25) is 5.43 Å². The van der Waals surface area contributed by atoms with Crippen molar-refractivity contribution in [2.45, 2.75) is 6.92 Å². The Labute approximate surface area is 118 Å². The van der Waals surface area contributed by atoms with Crippen molar-refractivity contribution in [3.63, 3.8) is 0 Å². The van der Waals surface area contributed by atoms with Crippen LogP contribution in [0.5, 0.6) is 5.75 Å². The Hall–Kier alpha value is -1.66. The van der Waals surface area contributed by atoms with E-state index in [9.17, 15) is 4.39 Å². The Kier molecular flexibility index (Phi) is 4.34. The average Bonchev–Trinajstić information content (AvgIpc) is 2.79. The van der Waals surface area contributed by atoms with E-state index in [0.29, 0.717) is 10.9 Å². The lowest BCUT2D eigenvalue weighted by atomic mass is 10.2. The van der Waals surface area contributed by atoms with Crippen molar-refractivity contribution >= 4 is 34.3 Å². The van der Waals surface area contributed by atoms with Crippen LogP contribution in [0.1, 0.15) is 11.3 Å². The summed E-state index contributed by atoms with van der Waals surface area (Å²) in [6.45, 7) is 1.88.